The highest BCUT2D eigenvalue weighted by Gasteiger charge is 2.27. The van der Waals surface area contributed by atoms with Crippen molar-refractivity contribution in [2.75, 3.05) is 6.54 Å². The molecule has 0 heterocycles. The molecule has 0 radical (unpaired) electrons. The van der Waals surface area contributed by atoms with Crippen molar-refractivity contribution in [3.8, 4) is 0 Å². The molecule has 0 bridgehead atoms. The standard InChI is InChI=1S/C12H14Br2FNO2S/c13-9-4-5-12(11(15)6-9)19(17,18)16-7-8-2-1-3-10(8)14/h4-6,8,10,16H,1-3,7H2. The van der Waals surface area contributed by atoms with E-state index in [1.807, 2.05) is 0 Å². The van der Waals surface area contributed by atoms with Gasteiger partial charge in [-0.2, -0.15) is 0 Å². The summed E-state index contributed by atoms with van der Waals surface area (Å²) in [6.07, 6.45) is 3.13. The highest BCUT2D eigenvalue weighted by Crippen LogP contribution is 2.31. The summed E-state index contributed by atoms with van der Waals surface area (Å²) in [4.78, 5) is 0.0322. The van der Waals surface area contributed by atoms with Crippen molar-refractivity contribution < 1.29 is 12.8 Å². The summed E-state index contributed by atoms with van der Waals surface area (Å²) < 4.78 is 40.8. The molecule has 3 nitrogen and oxygen atoms in total. The van der Waals surface area contributed by atoms with Crippen LogP contribution in [0.4, 0.5) is 4.39 Å². The Morgan fingerprint density at radius 3 is 2.68 bits per heavy atom. The van der Waals surface area contributed by atoms with Gasteiger partial charge in [0.15, 0.2) is 0 Å². The molecule has 0 aromatic heterocycles. The van der Waals surface area contributed by atoms with E-state index in [-0.39, 0.29) is 10.8 Å². The van der Waals surface area contributed by atoms with Crippen molar-refractivity contribution in [2.24, 2.45) is 5.92 Å². The van der Waals surface area contributed by atoms with Crippen LogP contribution in [0.2, 0.25) is 0 Å². The number of alkyl halides is 1. The van der Waals surface area contributed by atoms with Crippen LogP contribution in [-0.2, 0) is 10.0 Å². The van der Waals surface area contributed by atoms with Crippen LogP contribution in [0, 0.1) is 11.7 Å². The molecule has 19 heavy (non-hydrogen) atoms. The van der Waals surface area contributed by atoms with Crippen LogP contribution < -0.4 is 4.72 Å². The molecule has 106 valence electrons. The highest BCUT2D eigenvalue weighted by atomic mass is 79.9. The minimum absolute atomic E-state index is 0.272. The van der Waals surface area contributed by atoms with Gasteiger partial charge in [0.05, 0.1) is 0 Å². The van der Waals surface area contributed by atoms with Gasteiger partial charge in [-0.15, -0.1) is 0 Å². The van der Waals surface area contributed by atoms with Crippen LogP contribution in [0.25, 0.3) is 0 Å². The second kappa shape index (κ2) is 6.20. The van der Waals surface area contributed by atoms with E-state index in [0.717, 1.165) is 25.3 Å². The van der Waals surface area contributed by atoms with E-state index in [1.54, 1.807) is 0 Å². The van der Waals surface area contributed by atoms with Crippen molar-refractivity contribution in [1.29, 1.82) is 0 Å². The van der Waals surface area contributed by atoms with Gasteiger partial charge in [-0.05, 0) is 37.0 Å². The lowest BCUT2D eigenvalue weighted by Gasteiger charge is -2.15. The van der Waals surface area contributed by atoms with Gasteiger partial charge in [0.1, 0.15) is 10.7 Å². The summed E-state index contributed by atoms with van der Waals surface area (Å²) in [7, 11) is -3.79. The second-order valence-corrected chi connectivity index (χ2v) is 8.46. The summed E-state index contributed by atoms with van der Waals surface area (Å²) in [5, 5.41) is 0. The number of nitrogens with one attached hydrogen (secondary N) is 1. The molecule has 1 N–H and O–H groups in total. The Hall–Kier alpha value is 0.0200. The molecule has 1 saturated carbocycles. The minimum atomic E-state index is -3.79. The molecule has 2 rings (SSSR count). The van der Waals surface area contributed by atoms with E-state index >= 15 is 0 Å². The second-order valence-electron chi connectivity index (χ2n) is 4.63. The van der Waals surface area contributed by atoms with E-state index in [2.05, 4.69) is 36.6 Å². The van der Waals surface area contributed by atoms with Crippen LogP contribution >= 0.6 is 31.9 Å². The fourth-order valence-electron chi connectivity index (χ4n) is 2.21. The molecular weight excluding hydrogens is 401 g/mol. The van der Waals surface area contributed by atoms with Gasteiger partial charge in [-0.25, -0.2) is 17.5 Å². The zero-order valence-electron chi connectivity index (χ0n) is 10.1. The fraction of sp³-hybridized carbons (Fsp3) is 0.500. The zero-order valence-corrected chi connectivity index (χ0v) is 14.1. The van der Waals surface area contributed by atoms with Crippen LogP contribution in [0.5, 0.6) is 0 Å². The summed E-state index contributed by atoms with van der Waals surface area (Å²) in [5.41, 5.74) is 0. The number of rotatable bonds is 4. The lowest BCUT2D eigenvalue weighted by atomic mass is 10.1. The van der Waals surface area contributed by atoms with Gasteiger partial charge in [0.2, 0.25) is 10.0 Å². The minimum Gasteiger partial charge on any atom is -0.211 e. The Labute approximate surface area is 129 Å². The lowest BCUT2D eigenvalue weighted by molar-refractivity contribution is 0.522. The molecule has 1 aromatic carbocycles. The SMILES string of the molecule is O=S(=O)(NCC1CCCC1Br)c1ccc(Br)cc1F. The summed E-state index contributed by atoms with van der Waals surface area (Å²) in [5.74, 6) is -0.475. The lowest BCUT2D eigenvalue weighted by Crippen LogP contribution is -2.31. The van der Waals surface area contributed by atoms with E-state index in [1.165, 1.54) is 12.1 Å². The molecule has 1 fully saturated rings. The van der Waals surface area contributed by atoms with E-state index in [4.69, 9.17) is 0 Å². The largest absolute Gasteiger partial charge is 0.243 e. The van der Waals surface area contributed by atoms with Crippen molar-refractivity contribution in [1.82, 2.24) is 4.72 Å². The molecule has 7 heteroatoms. The number of benzene rings is 1. The molecule has 1 aliphatic carbocycles. The highest BCUT2D eigenvalue weighted by molar-refractivity contribution is 9.10. The normalized spacial score (nSPS) is 23.7. The Morgan fingerprint density at radius 2 is 2.11 bits per heavy atom. The monoisotopic (exact) mass is 413 g/mol. The number of halogens is 3. The Morgan fingerprint density at radius 1 is 1.37 bits per heavy atom. The maximum atomic E-state index is 13.7. The van der Waals surface area contributed by atoms with Crippen LogP contribution in [0.15, 0.2) is 27.6 Å². The summed E-state index contributed by atoms with van der Waals surface area (Å²) >= 11 is 6.64. The van der Waals surface area contributed by atoms with Crippen molar-refractivity contribution in [3.63, 3.8) is 0 Å². The quantitative estimate of drug-likeness (QED) is 0.767. The smallest absolute Gasteiger partial charge is 0.211 e. The molecule has 0 amide bonds. The maximum absolute atomic E-state index is 13.7. The molecule has 2 unspecified atom stereocenters. The third-order valence-corrected chi connectivity index (χ3v) is 6.44. The van der Waals surface area contributed by atoms with Gasteiger partial charge in [-0.3, -0.25) is 0 Å². The third-order valence-electron chi connectivity index (χ3n) is 3.29. The van der Waals surface area contributed by atoms with E-state index in [9.17, 15) is 12.8 Å². The van der Waals surface area contributed by atoms with Crippen molar-refractivity contribution in [2.45, 2.75) is 29.0 Å². The van der Waals surface area contributed by atoms with Crippen molar-refractivity contribution >= 4 is 41.9 Å². The summed E-state index contributed by atoms with van der Waals surface area (Å²) in [6.45, 7) is 0.341. The molecule has 0 aliphatic heterocycles. The van der Waals surface area contributed by atoms with Gasteiger partial charge in [-0.1, -0.05) is 38.3 Å². The van der Waals surface area contributed by atoms with Gasteiger partial charge >= 0.3 is 0 Å². The zero-order chi connectivity index (χ0) is 14.0. The molecule has 0 saturated heterocycles. The van der Waals surface area contributed by atoms with E-state index in [0.29, 0.717) is 15.8 Å². The first-order valence-corrected chi connectivity index (χ1v) is 9.18. The van der Waals surface area contributed by atoms with Gasteiger partial charge in [0.25, 0.3) is 0 Å². The predicted molar refractivity (Wildman–Crippen MR) is 79.3 cm³/mol. The topological polar surface area (TPSA) is 46.2 Å². The average Bonchev–Trinajstić information content (AvgIpc) is 2.72. The third kappa shape index (κ3) is 3.77. The maximum Gasteiger partial charge on any atom is 0.243 e. The average molecular weight is 415 g/mol. The first-order valence-electron chi connectivity index (χ1n) is 5.99. The Bertz CT molecular complexity index is 565. The molecule has 1 aromatic rings. The fourth-order valence-corrected chi connectivity index (χ4v) is 4.47. The van der Waals surface area contributed by atoms with Gasteiger partial charge in [0, 0.05) is 15.8 Å². The molecular formula is C12H14Br2FNO2S. The van der Waals surface area contributed by atoms with Gasteiger partial charge < -0.3 is 0 Å². The number of sulfonamides is 1. The Balaban J connectivity index is 2.09. The van der Waals surface area contributed by atoms with E-state index < -0.39 is 15.8 Å². The van der Waals surface area contributed by atoms with Crippen LogP contribution in [0.1, 0.15) is 19.3 Å². The Kier molecular flexibility index (Phi) is 5.03. The first-order chi connectivity index (χ1) is 8.90. The summed E-state index contributed by atoms with van der Waals surface area (Å²) in [6, 6.07) is 3.93. The van der Waals surface area contributed by atoms with Crippen LogP contribution in [0.3, 0.4) is 0 Å². The predicted octanol–water partition coefficient (Wildman–Crippen LogP) is 3.43. The molecule has 2 atom stereocenters. The molecule has 1 aliphatic rings. The molecule has 0 spiro atoms. The van der Waals surface area contributed by atoms with Crippen molar-refractivity contribution in [3.05, 3.63) is 28.5 Å². The first kappa shape index (κ1) is 15.4. The van der Waals surface area contributed by atoms with Crippen LogP contribution in [-0.4, -0.2) is 19.8 Å². The number of hydrogen-bond donors (Lipinski definition) is 1. The number of hydrogen-bond acceptors (Lipinski definition) is 2.